The molecular formula is C14H21N3O2. The average Bonchev–Trinajstić information content (AvgIpc) is 3.28. The molecule has 5 heteroatoms. The Morgan fingerprint density at radius 3 is 2.95 bits per heavy atom. The van der Waals surface area contributed by atoms with E-state index in [1.54, 1.807) is 12.3 Å². The first-order chi connectivity index (χ1) is 9.11. The zero-order chi connectivity index (χ0) is 13.8. The molecule has 1 aromatic heterocycles. The van der Waals surface area contributed by atoms with E-state index in [0.717, 1.165) is 25.1 Å². The SMILES string of the molecule is CCC(C)C(O)CNC(=O)c1ccnc(C2CC2)n1. The molecule has 104 valence electrons. The highest BCUT2D eigenvalue weighted by Crippen LogP contribution is 2.37. The van der Waals surface area contributed by atoms with Crippen molar-refractivity contribution in [2.24, 2.45) is 5.92 Å². The fourth-order valence-corrected chi connectivity index (χ4v) is 1.80. The van der Waals surface area contributed by atoms with Crippen molar-refractivity contribution in [3.63, 3.8) is 0 Å². The third-order valence-electron chi connectivity index (χ3n) is 3.62. The molecule has 1 amide bonds. The highest BCUT2D eigenvalue weighted by atomic mass is 16.3. The van der Waals surface area contributed by atoms with Crippen LogP contribution < -0.4 is 5.32 Å². The van der Waals surface area contributed by atoms with Crippen molar-refractivity contribution in [1.82, 2.24) is 15.3 Å². The molecule has 1 aromatic rings. The molecule has 0 saturated heterocycles. The first kappa shape index (κ1) is 13.9. The predicted octanol–water partition coefficient (Wildman–Crippen LogP) is 1.49. The number of hydrogen-bond donors (Lipinski definition) is 2. The highest BCUT2D eigenvalue weighted by Gasteiger charge is 2.27. The number of aliphatic hydroxyl groups excluding tert-OH is 1. The largest absolute Gasteiger partial charge is 0.391 e. The van der Waals surface area contributed by atoms with Crippen LogP contribution >= 0.6 is 0 Å². The monoisotopic (exact) mass is 263 g/mol. The van der Waals surface area contributed by atoms with Gasteiger partial charge in [-0.1, -0.05) is 20.3 Å². The van der Waals surface area contributed by atoms with E-state index in [4.69, 9.17) is 0 Å². The average molecular weight is 263 g/mol. The molecule has 2 unspecified atom stereocenters. The van der Waals surface area contributed by atoms with E-state index < -0.39 is 6.10 Å². The zero-order valence-electron chi connectivity index (χ0n) is 11.5. The van der Waals surface area contributed by atoms with Gasteiger partial charge in [-0.15, -0.1) is 0 Å². The first-order valence-electron chi connectivity index (χ1n) is 6.91. The fraction of sp³-hybridized carbons (Fsp3) is 0.643. The number of carbonyl (C=O) groups excluding carboxylic acids is 1. The van der Waals surface area contributed by atoms with Crippen molar-refractivity contribution in [1.29, 1.82) is 0 Å². The van der Waals surface area contributed by atoms with Crippen LogP contribution in [0.25, 0.3) is 0 Å². The highest BCUT2D eigenvalue weighted by molar-refractivity contribution is 5.92. The lowest BCUT2D eigenvalue weighted by molar-refractivity contribution is 0.0845. The van der Waals surface area contributed by atoms with E-state index in [0.29, 0.717) is 11.6 Å². The summed E-state index contributed by atoms with van der Waals surface area (Å²) in [4.78, 5) is 20.4. The minimum Gasteiger partial charge on any atom is -0.391 e. The minimum atomic E-state index is -0.515. The number of nitrogens with zero attached hydrogens (tertiary/aromatic N) is 2. The van der Waals surface area contributed by atoms with Crippen LogP contribution in [0.3, 0.4) is 0 Å². The van der Waals surface area contributed by atoms with Gasteiger partial charge in [0, 0.05) is 18.7 Å². The standard InChI is InChI=1S/C14H21N3O2/c1-3-9(2)12(18)8-16-14(19)11-6-7-15-13(17-11)10-4-5-10/h6-7,9-10,12,18H,3-5,8H2,1-2H3,(H,16,19). The molecule has 0 radical (unpaired) electrons. The van der Waals surface area contributed by atoms with Gasteiger partial charge in [0.1, 0.15) is 11.5 Å². The van der Waals surface area contributed by atoms with Crippen molar-refractivity contribution in [3.05, 3.63) is 23.8 Å². The van der Waals surface area contributed by atoms with Crippen LogP contribution in [0.4, 0.5) is 0 Å². The fourth-order valence-electron chi connectivity index (χ4n) is 1.80. The number of rotatable bonds is 6. The van der Waals surface area contributed by atoms with Crippen LogP contribution in [0, 0.1) is 5.92 Å². The van der Waals surface area contributed by atoms with E-state index in [2.05, 4.69) is 15.3 Å². The molecule has 1 heterocycles. The normalized spacial score (nSPS) is 17.8. The Balaban J connectivity index is 1.90. The lowest BCUT2D eigenvalue weighted by atomic mass is 10.0. The molecule has 1 aliphatic rings. The summed E-state index contributed by atoms with van der Waals surface area (Å²) < 4.78 is 0. The number of hydrogen-bond acceptors (Lipinski definition) is 4. The predicted molar refractivity (Wildman–Crippen MR) is 71.8 cm³/mol. The maximum absolute atomic E-state index is 11.9. The van der Waals surface area contributed by atoms with Gasteiger partial charge in [0.05, 0.1) is 6.10 Å². The summed E-state index contributed by atoms with van der Waals surface area (Å²) in [5.74, 6) is 1.12. The van der Waals surface area contributed by atoms with Crippen LogP contribution in [-0.2, 0) is 0 Å². The van der Waals surface area contributed by atoms with E-state index in [9.17, 15) is 9.90 Å². The summed E-state index contributed by atoms with van der Waals surface area (Å²) in [6, 6.07) is 1.61. The van der Waals surface area contributed by atoms with Gasteiger partial charge >= 0.3 is 0 Å². The molecule has 2 atom stereocenters. The van der Waals surface area contributed by atoms with Crippen molar-refractivity contribution < 1.29 is 9.90 Å². The Morgan fingerprint density at radius 1 is 1.58 bits per heavy atom. The smallest absolute Gasteiger partial charge is 0.270 e. The van der Waals surface area contributed by atoms with Gasteiger partial charge < -0.3 is 10.4 Å². The van der Waals surface area contributed by atoms with Crippen molar-refractivity contribution in [3.8, 4) is 0 Å². The topological polar surface area (TPSA) is 75.1 Å². The van der Waals surface area contributed by atoms with Crippen molar-refractivity contribution >= 4 is 5.91 Å². The maximum Gasteiger partial charge on any atom is 0.270 e. The molecule has 1 saturated carbocycles. The third kappa shape index (κ3) is 3.73. The second-order valence-corrected chi connectivity index (χ2v) is 5.24. The molecule has 5 nitrogen and oxygen atoms in total. The molecule has 0 aromatic carbocycles. The maximum atomic E-state index is 11.9. The Bertz CT molecular complexity index is 446. The molecule has 1 aliphatic carbocycles. The second-order valence-electron chi connectivity index (χ2n) is 5.24. The second kappa shape index (κ2) is 6.10. The lowest BCUT2D eigenvalue weighted by Crippen LogP contribution is -2.35. The van der Waals surface area contributed by atoms with Gasteiger partial charge in [-0.2, -0.15) is 0 Å². The van der Waals surface area contributed by atoms with Gasteiger partial charge in [-0.3, -0.25) is 4.79 Å². The minimum absolute atomic E-state index is 0.174. The van der Waals surface area contributed by atoms with Crippen molar-refractivity contribution in [2.75, 3.05) is 6.54 Å². The van der Waals surface area contributed by atoms with Crippen LogP contribution in [0.2, 0.25) is 0 Å². The Hall–Kier alpha value is -1.49. The van der Waals surface area contributed by atoms with Gasteiger partial charge in [0.2, 0.25) is 0 Å². The Morgan fingerprint density at radius 2 is 2.32 bits per heavy atom. The summed E-state index contributed by atoms with van der Waals surface area (Å²) in [7, 11) is 0. The number of aromatic nitrogens is 2. The third-order valence-corrected chi connectivity index (χ3v) is 3.62. The van der Waals surface area contributed by atoms with E-state index >= 15 is 0 Å². The molecular weight excluding hydrogens is 242 g/mol. The summed E-state index contributed by atoms with van der Waals surface area (Å²) >= 11 is 0. The molecule has 2 rings (SSSR count). The molecule has 0 aliphatic heterocycles. The van der Waals surface area contributed by atoms with Crippen molar-refractivity contribution in [2.45, 2.75) is 45.1 Å². The zero-order valence-corrected chi connectivity index (χ0v) is 11.5. The first-order valence-corrected chi connectivity index (χ1v) is 6.91. The molecule has 2 N–H and O–H groups in total. The van der Waals surface area contributed by atoms with Crippen LogP contribution in [0.15, 0.2) is 12.3 Å². The Kier molecular flexibility index (Phi) is 4.47. The Labute approximate surface area is 113 Å². The number of amides is 1. The van der Waals surface area contributed by atoms with Gasteiger partial charge in [0.25, 0.3) is 5.91 Å². The van der Waals surface area contributed by atoms with E-state index in [-0.39, 0.29) is 18.4 Å². The summed E-state index contributed by atoms with van der Waals surface area (Å²) in [5, 5.41) is 12.5. The van der Waals surface area contributed by atoms with Gasteiger partial charge in [0.15, 0.2) is 0 Å². The molecule has 0 spiro atoms. The van der Waals surface area contributed by atoms with E-state index in [1.807, 2.05) is 13.8 Å². The number of carbonyl (C=O) groups is 1. The van der Waals surface area contributed by atoms with E-state index in [1.165, 1.54) is 0 Å². The lowest BCUT2D eigenvalue weighted by Gasteiger charge is -2.17. The molecule has 1 fully saturated rings. The quantitative estimate of drug-likeness (QED) is 0.815. The van der Waals surface area contributed by atoms with Crippen LogP contribution in [0.1, 0.15) is 55.3 Å². The van der Waals surface area contributed by atoms with Gasteiger partial charge in [-0.05, 0) is 24.8 Å². The van der Waals surface area contributed by atoms with Crippen LogP contribution in [-0.4, -0.2) is 33.6 Å². The molecule has 19 heavy (non-hydrogen) atoms. The molecule has 0 bridgehead atoms. The number of nitrogens with one attached hydrogen (secondary N) is 1. The number of aliphatic hydroxyl groups is 1. The summed E-state index contributed by atoms with van der Waals surface area (Å²) in [5.41, 5.74) is 0.383. The van der Waals surface area contributed by atoms with Crippen LogP contribution in [0.5, 0.6) is 0 Å². The summed E-state index contributed by atoms with van der Waals surface area (Å²) in [6.45, 7) is 4.24. The van der Waals surface area contributed by atoms with Gasteiger partial charge in [-0.25, -0.2) is 9.97 Å². The summed E-state index contributed by atoms with van der Waals surface area (Å²) in [6.07, 6.45) is 4.21.